The molecule has 4 N–H and O–H groups in total. The van der Waals surface area contributed by atoms with E-state index in [1.54, 1.807) is 6.07 Å². The van der Waals surface area contributed by atoms with E-state index in [4.69, 9.17) is 15.9 Å². The fourth-order valence-corrected chi connectivity index (χ4v) is 2.28. The molecule has 0 aliphatic carbocycles. The van der Waals surface area contributed by atoms with Gasteiger partial charge >= 0.3 is 0 Å². The Hall–Kier alpha value is -2.33. The van der Waals surface area contributed by atoms with Crippen LogP contribution in [-0.4, -0.2) is 10.9 Å². The van der Waals surface area contributed by atoms with Gasteiger partial charge in [0.15, 0.2) is 0 Å². The fraction of sp³-hybridized carbons (Fsp3) is 0.235. The normalized spacial score (nSPS) is 12.0. The first kappa shape index (κ1) is 15.1. The summed E-state index contributed by atoms with van der Waals surface area (Å²) in [5.41, 5.74) is 9.08. The van der Waals surface area contributed by atoms with Crippen molar-refractivity contribution in [1.82, 2.24) is 0 Å². The van der Waals surface area contributed by atoms with Gasteiger partial charge in [-0.25, -0.2) is 0 Å². The molecule has 0 saturated carbocycles. The van der Waals surface area contributed by atoms with E-state index >= 15 is 0 Å². The van der Waals surface area contributed by atoms with Crippen LogP contribution in [0.4, 0.5) is 0 Å². The Morgan fingerprint density at radius 2 is 1.81 bits per heavy atom. The minimum atomic E-state index is -1.09. The maximum absolute atomic E-state index is 9.96. The Balaban J connectivity index is 2.18. The maximum Gasteiger partial charge on any atom is 0.136 e. The van der Waals surface area contributed by atoms with Crippen molar-refractivity contribution >= 4 is 5.84 Å². The van der Waals surface area contributed by atoms with Crippen molar-refractivity contribution in [3.05, 3.63) is 64.7 Å². The largest absolute Gasteiger partial charge is 0.489 e. The molecule has 2 aromatic rings. The van der Waals surface area contributed by atoms with Crippen LogP contribution in [0.1, 0.15) is 28.4 Å². The Morgan fingerprint density at radius 1 is 1.19 bits per heavy atom. The van der Waals surface area contributed by atoms with Gasteiger partial charge in [-0.1, -0.05) is 30.3 Å². The maximum atomic E-state index is 9.96. The van der Waals surface area contributed by atoms with E-state index in [1.807, 2.05) is 44.2 Å². The lowest BCUT2D eigenvalue weighted by Crippen LogP contribution is -2.21. The number of nitrogens with two attached hydrogens (primary N) is 1. The SMILES string of the molecule is Cc1cc(C)cc(OCc2ccccc2C(O)C(=N)N)c1. The third-order valence-corrected chi connectivity index (χ3v) is 3.23. The fourth-order valence-electron chi connectivity index (χ4n) is 2.28. The van der Waals surface area contributed by atoms with E-state index in [1.165, 1.54) is 0 Å². The van der Waals surface area contributed by atoms with E-state index in [-0.39, 0.29) is 5.84 Å². The standard InChI is InChI=1S/C17H20N2O2/c1-11-7-12(2)9-14(8-11)21-10-13-5-3-4-6-15(13)16(20)17(18)19/h3-9,16,20H,10H2,1-2H3,(H3,18,19). The Morgan fingerprint density at radius 3 is 2.43 bits per heavy atom. The first-order valence-corrected chi connectivity index (χ1v) is 6.78. The van der Waals surface area contributed by atoms with Crippen LogP contribution in [0, 0.1) is 19.3 Å². The molecule has 0 radical (unpaired) electrons. The molecule has 0 aliphatic rings. The summed E-state index contributed by atoms with van der Waals surface area (Å²) in [5, 5.41) is 17.3. The van der Waals surface area contributed by atoms with Crippen LogP contribution in [0.15, 0.2) is 42.5 Å². The molecule has 0 fully saturated rings. The third kappa shape index (κ3) is 3.83. The van der Waals surface area contributed by atoms with Crippen molar-refractivity contribution in [1.29, 1.82) is 5.41 Å². The molecular weight excluding hydrogens is 264 g/mol. The number of nitrogens with one attached hydrogen (secondary N) is 1. The highest BCUT2D eigenvalue weighted by atomic mass is 16.5. The predicted octanol–water partition coefficient (Wildman–Crippen LogP) is 2.85. The lowest BCUT2D eigenvalue weighted by Gasteiger charge is -2.15. The molecule has 1 unspecified atom stereocenters. The molecule has 0 aliphatic heterocycles. The molecule has 4 nitrogen and oxygen atoms in total. The van der Waals surface area contributed by atoms with Crippen LogP contribution in [0.3, 0.4) is 0 Å². The van der Waals surface area contributed by atoms with E-state index in [9.17, 15) is 5.11 Å². The number of benzene rings is 2. The molecule has 0 saturated heterocycles. The lowest BCUT2D eigenvalue weighted by molar-refractivity contribution is 0.238. The van der Waals surface area contributed by atoms with Crippen molar-refractivity contribution in [2.24, 2.45) is 5.73 Å². The summed E-state index contributed by atoms with van der Waals surface area (Å²) in [6.45, 7) is 4.37. The zero-order valence-electron chi connectivity index (χ0n) is 12.3. The molecule has 0 spiro atoms. The highest BCUT2D eigenvalue weighted by molar-refractivity contribution is 5.83. The van der Waals surface area contributed by atoms with Crippen molar-refractivity contribution in [2.45, 2.75) is 26.6 Å². The molecule has 1 atom stereocenters. The molecule has 4 heteroatoms. The van der Waals surface area contributed by atoms with Gasteiger partial charge in [-0.3, -0.25) is 5.41 Å². The summed E-state index contributed by atoms with van der Waals surface area (Å²) in [5.74, 6) is 0.522. The second-order valence-electron chi connectivity index (χ2n) is 5.17. The molecule has 0 heterocycles. The van der Waals surface area contributed by atoms with Gasteiger partial charge < -0.3 is 15.6 Å². The number of ether oxygens (including phenoxy) is 1. The zero-order chi connectivity index (χ0) is 15.4. The average molecular weight is 284 g/mol. The van der Waals surface area contributed by atoms with Gasteiger partial charge in [0.05, 0.1) is 0 Å². The molecule has 0 bridgehead atoms. The van der Waals surface area contributed by atoms with Crippen molar-refractivity contribution < 1.29 is 9.84 Å². The van der Waals surface area contributed by atoms with E-state index in [0.29, 0.717) is 12.2 Å². The van der Waals surface area contributed by atoms with Gasteiger partial charge in [-0.2, -0.15) is 0 Å². The monoisotopic (exact) mass is 284 g/mol. The summed E-state index contributed by atoms with van der Waals surface area (Å²) >= 11 is 0. The summed E-state index contributed by atoms with van der Waals surface area (Å²) in [4.78, 5) is 0. The first-order valence-electron chi connectivity index (χ1n) is 6.78. The number of aliphatic hydroxyl groups excluding tert-OH is 1. The van der Waals surface area contributed by atoms with Gasteiger partial charge in [-0.05, 0) is 48.2 Å². The summed E-state index contributed by atoms with van der Waals surface area (Å²) < 4.78 is 5.80. The molecule has 21 heavy (non-hydrogen) atoms. The van der Waals surface area contributed by atoms with E-state index in [0.717, 1.165) is 22.4 Å². The minimum absolute atomic E-state index is 0.270. The third-order valence-electron chi connectivity index (χ3n) is 3.23. The zero-order valence-corrected chi connectivity index (χ0v) is 12.3. The van der Waals surface area contributed by atoms with Gasteiger partial charge in [0.25, 0.3) is 0 Å². The highest BCUT2D eigenvalue weighted by Crippen LogP contribution is 2.21. The van der Waals surface area contributed by atoms with Gasteiger partial charge in [0, 0.05) is 0 Å². The van der Waals surface area contributed by atoms with Crippen LogP contribution in [0.5, 0.6) is 5.75 Å². The number of aliphatic hydroxyl groups is 1. The summed E-state index contributed by atoms with van der Waals surface area (Å²) in [6.07, 6.45) is -1.09. The van der Waals surface area contributed by atoms with E-state index < -0.39 is 6.10 Å². The van der Waals surface area contributed by atoms with Crippen LogP contribution >= 0.6 is 0 Å². The highest BCUT2D eigenvalue weighted by Gasteiger charge is 2.14. The van der Waals surface area contributed by atoms with Crippen LogP contribution < -0.4 is 10.5 Å². The Labute approximate surface area is 124 Å². The summed E-state index contributed by atoms with van der Waals surface area (Å²) in [7, 11) is 0. The van der Waals surface area contributed by atoms with Gasteiger partial charge in [0.1, 0.15) is 24.3 Å². The second kappa shape index (κ2) is 6.41. The molecular formula is C17H20N2O2. The number of hydrogen-bond acceptors (Lipinski definition) is 3. The van der Waals surface area contributed by atoms with Crippen molar-refractivity contribution in [3.8, 4) is 5.75 Å². The quantitative estimate of drug-likeness (QED) is 0.583. The van der Waals surface area contributed by atoms with Crippen LogP contribution in [0.25, 0.3) is 0 Å². The lowest BCUT2D eigenvalue weighted by atomic mass is 10.0. The first-order chi connectivity index (χ1) is 9.97. The molecule has 110 valence electrons. The summed E-state index contributed by atoms with van der Waals surface area (Å²) in [6, 6.07) is 13.3. The topological polar surface area (TPSA) is 79.3 Å². The van der Waals surface area contributed by atoms with Gasteiger partial charge in [0.2, 0.25) is 0 Å². The van der Waals surface area contributed by atoms with Crippen molar-refractivity contribution in [2.75, 3.05) is 0 Å². The predicted molar refractivity (Wildman–Crippen MR) is 83.6 cm³/mol. The van der Waals surface area contributed by atoms with Gasteiger partial charge in [-0.15, -0.1) is 0 Å². The molecule has 2 rings (SSSR count). The second-order valence-corrected chi connectivity index (χ2v) is 5.17. The molecule has 0 amide bonds. The minimum Gasteiger partial charge on any atom is -0.489 e. The van der Waals surface area contributed by atoms with Crippen LogP contribution in [-0.2, 0) is 6.61 Å². The molecule has 0 aromatic heterocycles. The smallest absolute Gasteiger partial charge is 0.136 e. The Bertz CT molecular complexity index is 633. The Kier molecular flexibility index (Phi) is 4.60. The average Bonchev–Trinajstić information content (AvgIpc) is 2.43. The van der Waals surface area contributed by atoms with E-state index in [2.05, 4.69) is 6.07 Å². The number of hydrogen-bond donors (Lipinski definition) is 3. The van der Waals surface area contributed by atoms with Crippen LogP contribution in [0.2, 0.25) is 0 Å². The number of rotatable bonds is 5. The number of aryl methyl sites for hydroxylation is 2. The van der Waals surface area contributed by atoms with Crippen molar-refractivity contribution in [3.63, 3.8) is 0 Å². The number of amidine groups is 1. The molecule has 2 aromatic carbocycles.